The average Bonchev–Trinajstić information content (AvgIpc) is 2.80. The second-order valence-corrected chi connectivity index (χ2v) is 9.29. The van der Waals surface area contributed by atoms with E-state index in [0.717, 1.165) is 74.5 Å². The molecule has 2 aliphatic rings. The van der Waals surface area contributed by atoms with Gasteiger partial charge in [0.15, 0.2) is 5.11 Å². The molecule has 2 fully saturated rings. The van der Waals surface area contributed by atoms with Gasteiger partial charge in [0, 0.05) is 50.4 Å². The number of hydrogen-bond donors (Lipinski definition) is 1. The van der Waals surface area contributed by atoms with Gasteiger partial charge < -0.3 is 24.4 Å². The average molecular weight is 464 g/mol. The lowest BCUT2D eigenvalue weighted by Crippen LogP contribution is -2.45. The van der Waals surface area contributed by atoms with E-state index in [1.54, 1.807) is 14.2 Å². The van der Waals surface area contributed by atoms with Crippen molar-refractivity contribution in [3.8, 4) is 11.5 Å². The van der Waals surface area contributed by atoms with Crippen molar-refractivity contribution in [2.24, 2.45) is 0 Å². The molecule has 7 heteroatoms. The van der Waals surface area contributed by atoms with Gasteiger partial charge in [-0.15, -0.1) is 0 Å². The summed E-state index contributed by atoms with van der Waals surface area (Å²) in [6.07, 6.45) is 10.2. The molecule has 1 saturated heterocycles. The number of rotatable bonds is 9. The Kier molecular flexibility index (Phi) is 10.9. The van der Waals surface area contributed by atoms with E-state index in [9.17, 15) is 0 Å². The minimum Gasteiger partial charge on any atom is -0.497 e. The molecule has 1 heterocycles. The van der Waals surface area contributed by atoms with E-state index in [1.165, 1.54) is 44.9 Å². The predicted octanol–water partition coefficient (Wildman–Crippen LogP) is 4.22. The zero-order chi connectivity index (χ0) is 22.6. The van der Waals surface area contributed by atoms with Crippen LogP contribution in [-0.4, -0.2) is 74.6 Å². The maximum Gasteiger partial charge on any atom is 0.169 e. The Morgan fingerprint density at radius 2 is 1.81 bits per heavy atom. The van der Waals surface area contributed by atoms with Crippen molar-refractivity contribution in [2.45, 2.75) is 64.0 Å². The van der Waals surface area contributed by atoms with Crippen LogP contribution >= 0.6 is 12.2 Å². The standard InChI is InChI=1S/C25H41N3O3S/c1-29-23-12-11-21(24(19-23)30-2)20-28(14-8-13-27-15-17-31-18-16-27)25(32)26-22-9-6-4-3-5-7-10-22/h11-12,19,22H,3-10,13-18,20H2,1-2H3,(H,26,32). The van der Waals surface area contributed by atoms with Crippen LogP contribution in [0.3, 0.4) is 0 Å². The Morgan fingerprint density at radius 1 is 1.09 bits per heavy atom. The fourth-order valence-electron chi connectivity index (χ4n) is 4.62. The van der Waals surface area contributed by atoms with Gasteiger partial charge in [0.25, 0.3) is 0 Å². The molecule has 1 aromatic carbocycles. The largest absolute Gasteiger partial charge is 0.497 e. The van der Waals surface area contributed by atoms with Crippen molar-refractivity contribution in [3.63, 3.8) is 0 Å². The van der Waals surface area contributed by atoms with E-state index in [1.807, 2.05) is 12.1 Å². The van der Waals surface area contributed by atoms with Gasteiger partial charge in [-0.2, -0.15) is 0 Å². The maximum atomic E-state index is 5.95. The van der Waals surface area contributed by atoms with Gasteiger partial charge in [-0.25, -0.2) is 0 Å². The summed E-state index contributed by atoms with van der Waals surface area (Å²) in [7, 11) is 3.40. The van der Waals surface area contributed by atoms with Gasteiger partial charge in [-0.1, -0.05) is 32.1 Å². The molecule has 0 atom stereocenters. The molecule has 0 unspecified atom stereocenters. The fourth-order valence-corrected chi connectivity index (χ4v) is 4.94. The first-order valence-electron chi connectivity index (χ1n) is 12.3. The van der Waals surface area contributed by atoms with Crippen molar-refractivity contribution in [1.82, 2.24) is 15.1 Å². The van der Waals surface area contributed by atoms with E-state index in [2.05, 4.69) is 21.2 Å². The van der Waals surface area contributed by atoms with Gasteiger partial charge >= 0.3 is 0 Å². The van der Waals surface area contributed by atoms with Gasteiger partial charge in [-0.3, -0.25) is 4.90 Å². The summed E-state index contributed by atoms with van der Waals surface area (Å²) in [5.41, 5.74) is 1.13. The zero-order valence-corrected chi connectivity index (χ0v) is 20.8. The summed E-state index contributed by atoms with van der Waals surface area (Å²) in [5, 5.41) is 4.58. The Morgan fingerprint density at radius 3 is 2.50 bits per heavy atom. The predicted molar refractivity (Wildman–Crippen MR) is 134 cm³/mol. The van der Waals surface area contributed by atoms with Crippen molar-refractivity contribution in [3.05, 3.63) is 23.8 Å². The van der Waals surface area contributed by atoms with Gasteiger partial charge in [-0.05, 0) is 43.6 Å². The molecule has 0 amide bonds. The second-order valence-electron chi connectivity index (χ2n) is 8.90. The van der Waals surface area contributed by atoms with Crippen molar-refractivity contribution in [1.29, 1.82) is 0 Å². The lowest BCUT2D eigenvalue weighted by Gasteiger charge is -2.32. The lowest BCUT2D eigenvalue weighted by molar-refractivity contribution is 0.0367. The van der Waals surface area contributed by atoms with Crippen LogP contribution in [0.5, 0.6) is 11.5 Å². The summed E-state index contributed by atoms with van der Waals surface area (Å²) in [5.74, 6) is 1.65. The SMILES string of the molecule is COc1ccc(CN(CCCN2CCOCC2)C(=S)NC2CCCCCCC2)c(OC)c1. The quantitative estimate of drug-likeness (QED) is 0.550. The number of nitrogens with one attached hydrogen (secondary N) is 1. The smallest absolute Gasteiger partial charge is 0.169 e. The molecule has 1 N–H and O–H groups in total. The Bertz CT molecular complexity index is 689. The van der Waals surface area contributed by atoms with Crippen LogP contribution in [0, 0.1) is 0 Å². The fraction of sp³-hybridized carbons (Fsp3) is 0.720. The van der Waals surface area contributed by atoms with Crippen LogP contribution in [0.25, 0.3) is 0 Å². The number of thiocarbonyl (C=S) groups is 1. The highest BCUT2D eigenvalue weighted by atomic mass is 32.1. The first-order chi connectivity index (χ1) is 15.7. The number of benzene rings is 1. The van der Waals surface area contributed by atoms with E-state index in [4.69, 9.17) is 26.4 Å². The molecule has 32 heavy (non-hydrogen) atoms. The Hall–Kier alpha value is -1.57. The normalized spacial score (nSPS) is 18.4. The molecule has 1 aliphatic heterocycles. The van der Waals surface area contributed by atoms with E-state index >= 15 is 0 Å². The summed E-state index contributed by atoms with van der Waals surface area (Å²) in [4.78, 5) is 4.81. The number of ether oxygens (including phenoxy) is 3. The maximum absolute atomic E-state index is 5.95. The minimum absolute atomic E-state index is 0.488. The molecule has 1 aliphatic carbocycles. The molecule has 0 aromatic heterocycles. The Balaban J connectivity index is 1.64. The van der Waals surface area contributed by atoms with Crippen LogP contribution in [0.1, 0.15) is 56.9 Å². The van der Waals surface area contributed by atoms with Gasteiger partial charge in [0.2, 0.25) is 0 Å². The molecule has 1 aromatic rings. The third-order valence-corrected chi connectivity index (χ3v) is 6.96. The topological polar surface area (TPSA) is 46.2 Å². The summed E-state index contributed by atoms with van der Waals surface area (Å²) < 4.78 is 16.5. The van der Waals surface area contributed by atoms with Gasteiger partial charge in [0.1, 0.15) is 11.5 Å². The van der Waals surface area contributed by atoms with Crippen molar-refractivity contribution < 1.29 is 14.2 Å². The van der Waals surface area contributed by atoms with Crippen LogP contribution in [0.2, 0.25) is 0 Å². The molecular formula is C25H41N3O3S. The summed E-state index contributed by atoms with van der Waals surface area (Å²) in [6.45, 7) is 6.46. The van der Waals surface area contributed by atoms with Crippen LogP contribution < -0.4 is 14.8 Å². The second kappa shape index (κ2) is 13.9. The highest BCUT2D eigenvalue weighted by molar-refractivity contribution is 7.80. The van der Waals surface area contributed by atoms with Gasteiger partial charge in [0.05, 0.1) is 27.4 Å². The first kappa shape index (κ1) is 25.1. The molecule has 3 rings (SSSR count). The lowest BCUT2D eigenvalue weighted by atomic mass is 9.97. The Labute approximate surface area is 199 Å². The third kappa shape index (κ3) is 8.09. The molecule has 6 nitrogen and oxygen atoms in total. The summed E-state index contributed by atoms with van der Waals surface area (Å²) >= 11 is 5.95. The van der Waals surface area contributed by atoms with E-state index in [-0.39, 0.29) is 0 Å². The number of nitrogens with zero attached hydrogens (tertiary/aromatic N) is 2. The van der Waals surface area contributed by atoms with Crippen molar-refractivity contribution in [2.75, 3.05) is 53.6 Å². The third-order valence-electron chi connectivity index (χ3n) is 6.58. The van der Waals surface area contributed by atoms with Crippen molar-refractivity contribution >= 4 is 17.3 Å². The molecule has 180 valence electrons. The zero-order valence-electron chi connectivity index (χ0n) is 19.9. The van der Waals surface area contributed by atoms with Crippen LogP contribution in [0.4, 0.5) is 0 Å². The number of hydrogen-bond acceptors (Lipinski definition) is 5. The monoisotopic (exact) mass is 463 g/mol. The molecule has 0 spiro atoms. The number of morpholine rings is 1. The van der Waals surface area contributed by atoms with Crippen LogP contribution in [-0.2, 0) is 11.3 Å². The van der Waals surface area contributed by atoms with E-state index < -0.39 is 0 Å². The minimum atomic E-state index is 0.488. The first-order valence-corrected chi connectivity index (χ1v) is 12.7. The highest BCUT2D eigenvalue weighted by Crippen LogP contribution is 2.26. The molecule has 0 bridgehead atoms. The molecule has 1 saturated carbocycles. The highest BCUT2D eigenvalue weighted by Gasteiger charge is 2.19. The molecular weight excluding hydrogens is 422 g/mol. The van der Waals surface area contributed by atoms with E-state index in [0.29, 0.717) is 6.04 Å². The molecule has 0 radical (unpaired) electrons. The van der Waals surface area contributed by atoms with Crippen LogP contribution in [0.15, 0.2) is 18.2 Å². The summed E-state index contributed by atoms with van der Waals surface area (Å²) in [6, 6.07) is 6.52. The number of methoxy groups -OCH3 is 2.